The summed E-state index contributed by atoms with van der Waals surface area (Å²) in [6.45, 7) is 8.27. The van der Waals surface area contributed by atoms with E-state index < -0.39 is 0 Å². The van der Waals surface area contributed by atoms with Gasteiger partial charge in [0, 0.05) is 10.4 Å². The summed E-state index contributed by atoms with van der Waals surface area (Å²) in [6, 6.07) is 5.64. The van der Waals surface area contributed by atoms with Crippen LogP contribution in [-0.2, 0) is 11.2 Å². The van der Waals surface area contributed by atoms with Crippen LogP contribution in [0.5, 0.6) is 0 Å². The van der Waals surface area contributed by atoms with Crippen molar-refractivity contribution in [2.45, 2.75) is 52.9 Å². The third-order valence-electron chi connectivity index (χ3n) is 5.03. The SMILES string of the molecule is CCOC(=O)c1c(NC(=O)c2ccc(C)c(C)c2)sc2c1C(C)CCC2. The first-order chi connectivity index (χ1) is 12.4. The molecule has 1 amide bonds. The van der Waals surface area contributed by atoms with Crippen molar-refractivity contribution in [3.05, 3.63) is 50.9 Å². The van der Waals surface area contributed by atoms with Crippen LogP contribution in [0.25, 0.3) is 0 Å². The molecule has 1 aliphatic rings. The van der Waals surface area contributed by atoms with Gasteiger partial charge in [0.15, 0.2) is 0 Å². The van der Waals surface area contributed by atoms with Gasteiger partial charge in [-0.25, -0.2) is 4.79 Å². The number of aryl methyl sites for hydroxylation is 3. The van der Waals surface area contributed by atoms with Crippen LogP contribution in [0.2, 0.25) is 0 Å². The Hall–Kier alpha value is -2.14. The van der Waals surface area contributed by atoms with Crippen molar-refractivity contribution >= 4 is 28.2 Å². The van der Waals surface area contributed by atoms with Gasteiger partial charge in [-0.2, -0.15) is 0 Å². The van der Waals surface area contributed by atoms with Crippen molar-refractivity contribution in [1.82, 2.24) is 0 Å². The predicted octanol–water partition coefficient (Wildman–Crippen LogP) is 5.23. The van der Waals surface area contributed by atoms with Gasteiger partial charge in [-0.15, -0.1) is 11.3 Å². The highest BCUT2D eigenvalue weighted by molar-refractivity contribution is 7.17. The highest BCUT2D eigenvalue weighted by Crippen LogP contribution is 2.43. The monoisotopic (exact) mass is 371 g/mol. The van der Waals surface area contributed by atoms with Gasteiger partial charge in [-0.1, -0.05) is 13.0 Å². The molecule has 0 saturated carbocycles. The molecule has 0 fully saturated rings. The fraction of sp³-hybridized carbons (Fsp3) is 0.429. The van der Waals surface area contributed by atoms with Gasteiger partial charge in [-0.05, 0) is 74.8 Å². The average molecular weight is 372 g/mol. The Balaban J connectivity index is 1.97. The molecular weight excluding hydrogens is 346 g/mol. The summed E-state index contributed by atoms with van der Waals surface area (Å²) in [5.74, 6) is -0.222. The molecule has 5 heteroatoms. The largest absolute Gasteiger partial charge is 0.462 e. The van der Waals surface area contributed by atoms with E-state index in [4.69, 9.17) is 4.74 Å². The molecule has 1 aliphatic carbocycles. The minimum absolute atomic E-state index is 0.190. The molecule has 2 aromatic rings. The predicted molar refractivity (Wildman–Crippen MR) is 105 cm³/mol. The first kappa shape index (κ1) is 18.6. The lowest BCUT2D eigenvalue weighted by Crippen LogP contribution is -2.16. The van der Waals surface area contributed by atoms with Crippen molar-refractivity contribution in [2.24, 2.45) is 0 Å². The lowest BCUT2D eigenvalue weighted by molar-refractivity contribution is 0.0526. The van der Waals surface area contributed by atoms with Crippen molar-refractivity contribution < 1.29 is 14.3 Å². The van der Waals surface area contributed by atoms with Crippen molar-refractivity contribution in [3.8, 4) is 0 Å². The number of hydrogen-bond acceptors (Lipinski definition) is 4. The lowest BCUT2D eigenvalue weighted by atomic mass is 9.86. The molecule has 0 aliphatic heterocycles. The van der Waals surface area contributed by atoms with E-state index in [-0.39, 0.29) is 11.9 Å². The second-order valence-electron chi connectivity index (χ2n) is 6.91. The van der Waals surface area contributed by atoms with E-state index in [1.807, 2.05) is 32.0 Å². The van der Waals surface area contributed by atoms with Gasteiger partial charge in [0.1, 0.15) is 5.00 Å². The molecule has 1 atom stereocenters. The number of hydrogen-bond donors (Lipinski definition) is 1. The molecule has 4 nitrogen and oxygen atoms in total. The second kappa shape index (κ2) is 7.62. The number of esters is 1. The molecule has 1 unspecified atom stereocenters. The third kappa shape index (κ3) is 3.54. The summed E-state index contributed by atoms with van der Waals surface area (Å²) >= 11 is 1.52. The van der Waals surface area contributed by atoms with Crippen LogP contribution in [-0.4, -0.2) is 18.5 Å². The number of thiophene rings is 1. The van der Waals surface area contributed by atoms with E-state index in [1.165, 1.54) is 16.2 Å². The molecule has 1 heterocycles. The zero-order valence-corrected chi connectivity index (χ0v) is 16.6. The Labute approximate surface area is 158 Å². The highest BCUT2D eigenvalue weighted by atomic mass is 32.1. The molecule has 0 saturated heterocycles. The molecule has 138 valence electrons. The molecule has 0 bridgehead atoms. The van der Waals surface area contributed by atoms with Gasteiger partial charge in [0.05, 0.1) is 12.2 Å². The molecule has 1 aromatic heterocycles. The number of carbonyl (C=O) groups is 2. The summed E-state index contributed by atoms with van der Waals surface area (Å²) in [7, 11) is 0. The number of fused-ring (bicyclic) bond motifs is 1. The summed E-state index contributed by atoms with van der Waals surface area (Å²) in [5.41, 5.74) is 4.44. The maximum Gasteiger partial charge on any atom is 0.341 e. The lowest BCUT2D eigenvalue weighted by Gasteiger charge is -2.19. The normalized spacial score (nSPS) is 16.1. The first-order valence-electron chi connectivity index (χ1n) is 9.13. The maximum absolute atomic E-state index is 12.7. The number of carbonyl (C=O) groups excluding carboxylic acids is 2. The number of rotatable bonds is 4. The molecule has 1 N–H and O–H groups in total. The fourth-order valence-corrected chi connectivity index (χ4v) is 4.81. The van der Waals surface area contributed by atoms with E-state index >= 15 is 0 Å². The molecule has 1 aromatic carbocycles. The fourth-order valence-electron chi connectivity index (χ4n) is 3.46. The Bertz CT molecular complexity index is 853. The minimum Gasteiger partial charge on any atom is -0.462 e. The number of amides is 1. The first-order valence-corrected chi connectivity index (χ1v) is 9.95. The standard InChI is InChI=1S/C21H25NO3S/c1-5-25-21(24)18-17-13(3)7-6-8-16(17)26-20(18)22-19(23)15-10-9-12(2)14(4)11-15/h9-11,13H,5-8H2,1-4H3,(H,22,23). The molecular formula is C21H25NO3S. The number of ether oxygens (including phenoxy) is 1. The van der Waals surface area contributed by atoms with Gasteiger partial charge >= 0.3 is 5.97 Å². The van der Waals surface area contributed by atoms with Gasteiger partial charge in [-0.3, -0.25) is 4.79 Å². The maximum atomic E-state index is 12.7. The summed E-state index contributed by atoms with van der Waals surface area (Å²) in [4.78, 5) is 26.5. The van der Waals surface area contributed by atoms with Gasteiger partial charge in [0.2, 0.25) is 0 Å². The van der Waals surface area contributed by atoms with E-state index in [9.17, 15) is 9.59 Å². The quantitative estimate of drug-likeness (QED) is 0.748. The van der Waals surface area contributed by atoms with E-state index in [0.717, 1.165) is 36.0 Å². The van der Waals surface area contributed by atoms with Gasteiger partial charge < -0.3 is 10.1 Å². The van der Waals surface area contributed by atoms with Crippen LogP contribution in [0.15, 0.2) is 18.2 Å². The van der Waals surface area contributed by atoms with Crippen molar-refractivity contribution in [1.29, 1.82) is 0 Å². The van der Waals surface area contributed by atoms with Crippen LogP contribution in [0.3, 0.4) is 0 Å². The summed E-state index contributed by atoms with van der Waals surface area (Å²) in [6.07, 6.45) is 3.12. The number of nitrogens with one attached hydrogen (secondary N) is 1. The molecule has 3 rings (SSSR count). The van der Waals surface area contributed by atoms with Gasteiger partial charge in [0.25, 0.3) is 5.91 Å². The zero-order valence-electron chi connectivity index (χ0n) is 15.8. The van der Waals surface area contributed by atoms with Crippen molar-refractivity contribution in [3.63, 3.8) is 0 Å². The zero-order chi connectivity index (χ0) is 18.8. The van der Waals surface area contributed by atoms with Crippen LogP contribution >= 0.6 is 11.3 Å². The molecule has 26 heavy (non-hydrogen) atoms. The Morgan fingerprint density at radius 3 is 2.73 bits per heavy atom. The summed E-state index contributed by atoms with van der Waals surface area (Å²) < 4.78 is 5.28. The van der Waals surface area contributed by atoms with Crippen LogP contribution in [0, 0.1) is 13.8 Å². The number of anilines is 1. The Morgan fingerprint density at radius 1 is 1.27 bits per heavy atom. The summed E-state index contributed by atoms with van der Waals surface area (Å²) in [5, 5.41) is 3.59. The topological polar surface area (TPSA) is 55.4 Å². The second-order valence-corrected chi connectivity index (χ2v) is 8.02. The average Bonchev–Trinajstić information content (AvgIpc) is 2.97. The van der Waals surface area contributed by atoms with E-state index in [2.05, 4.69) is 12.2 Å². The molecule has 0 spiro atoms. The minimum atomic E-state index is -0.339. The van der Waals surface area contributed by atoms with Crippen LogP contribution in [0.4, 0.5) is 5.00 Å². The Kier molecular flexibility index (Phi) is 5.47. The smallest absolute Gasteiger partial charge is 0.341 e. The Morgan fingerprint density at radius 2 is 2.04 bits per heavy atom. The molecule has 0 radical (unpaired) electrons. The van der Waals surface area contributed by atoms with Crippen LogP contribution in [0.1, 0.15) is 74.9 Å². The van der Waals surface area contributed by atoms with E-state index in [0.29, 0.717) is 28.7 Å². The van der Waals surface area contributed by atoms with Crippen molar-refractivity contribution in [2.75, 3.05) is 11.9 Å². The third-order valence-corrected chi connectivity index (χ3v) is 6.21. The van der Waals surface area contributed by atoms with Crippen LogP contribution < -0.4 is 5.32 Å². The number of benzene rings is 1. The van der Waals surface area contributed by atoms with E-state index in [1.54, 1.807) is 6.92 Å². The highest BCUT2D eigenvalue weighted by Gasteiger charge is 2.30.